The van der Waals surface area contributed by atoms with Crippen LogP contribution in [0.25, 0.3) is 0 Å². The van der Waals surface area contributed by atoms with Gasteiger partial charge in [0.15, 0.2) is 0 Å². The van der Waals surface area contributed by atoms with E-state index in [0.717, 1.165) is 5.75 Å². The summed E-state index contributed by atoms with van der Waals surface area (Å²) in [6.45, 7) is 9.05. The van der Waals surface area contributed by atoms with Gasteiger partial charge in [0.05, 0.1) is 13.2 Å². The summed E-state index contributed by atoms with van der Waals surface area (Å²) in [5, 5.41) is 13.2. The fourth-order valence-electron chi connectivity index (χ4n) is 1.92. The lowest BCUT2D eigenvalue weighted by Crippen LogP contribution is -2.38. The van der Waals surface area contributed by atoms with Crippen molar-refractivity contribution < 1.29 is 9.84 Å². The number of aliphatic hydroxyl groups is 1. The van der Waals surface area contributed by atoms with Crippen LogP contribution in [0.1, 0.15) is 39.2 Å². The third-order valence-electron chi connectivity index (χ3n) is 3.81. The molecular weight excluding hydrogens is 238 g/mol. The predicted octanol–water partition coefficient (Wildman–Crippen LogP) is 2.79. The Morgan fingerprint density at radius 3 is 2.16 bits per heavy atom. The molecule has 2 N–H and O–H groups in total. The summed E-state index contributed by atoms with van der Waals surface area (Å²) in [5.74, 6) is 1.56. The van der Waals surface area contributed by atoms with Crippen LogP contribution in [0.4, 0.5) is 0 Å². The van der Waals surface area contributed by atoms with E-state index in [1.165, 1.54) is 5.56 Å². The number of aliphatic hydroxyl groups excluding tert-OH is 1. The summed E-state index contributed by atoms with van der Waals surface area (Å²) < 4.78 is 5.17. The second-order valence-corrected chi connectivity index (χ2v) is 5.57. The van der Waals surface area contributed by atoms with Crippen LogP contribution in [0, 0.1) is 5.92 Å². The van der Waals surface area contributed by atoms with Gasteiger partial charge in [-0.25, -0.2) is 0 Å². The Bertz CT molecular complexity index is 362. The van der Waals surface area contributed by atoms with Crippen molar-refractivity contribution in [2.45, 2.75) is 45.8 Å². The topological polar surface area (TPSA) is 41.5 Å². The van der Waals surface area contributed by atoms with Crippen molar-refractivity contribution in [1.82, 2.24) is 5.32 Å². The molecule has 0 aliphatic carbocycles. The maximum Gasteiger partial charge on any atom is 0.118 e. The Morgan fingerprint density at radius 1 is 1.11 bits per heavy atom. The van der Waals surface area contributed by atoms with E-state index in [-0.39, 0.29) is 12.0 Å². The molecule has 1 aromatic rings. The lowest BCUT2D eigenvalue weighted by Gasteiger charge is -2.24. The molecule has 108 valence electrons. The van der Waals surface area contributed by atoms with E-state index >= 15 is 0 Å². The molecule has 0 aliphatic heterocycles. The van der Waals surface area contributed by atoms with Crippen LogP contribution in [0.15, 0.2) is 24.3 Å². The average molecular weight is 265 g/mol. The van der Waals surface area contributed by atoms with E-state index < -0.39 is 0 Å². The molecule has 0 bridgehead atoms. The Balaban J connectivity index is 2.53. The van der Waals surface area contributed by atoms with Gasteiger partial charge in [-0.05, 0) is 36.5 Å². The molecule has 0 heterocycles. The first-order chi connectivity index (χ1) is 8.95. The van der Waals surface area contributed by atoms with E-state index in [4.69, 9.17) is 4.74 Å². The first-order valence-electron chi connectivity index (χ1n) is 7.01. The van der Waals surface area contributed by atoms with Crippen LogP contribution in [0.3, 0.4) is 0 Å². The smallest absolute Gasteiger partial charge is 0.118 e. The Labute approximate surface area is 117 Å². The Hall–Kier alpha value is -1.06. The summed E-state index contributed by atoms with van der Waals surface area (Å²) in [6.07, 6.45) is -0.287. The van der Waals surface area contributed by atoms with E-state index in [9.17, 15) is 5.11 Å². The van der Waals surface area contributed by atoms with Gasteiger partial charge in [0.25, 0.3) is 0 Å². The monoisotopic (exact) mass is 265 g/mol. The quantitative estimate of drug-likeness (QED) is 0.796. The minimum Gasteiger partial charge on any atom is -0.497 e. The van der Waals surface area contributed by atoms with Crippen molar-refractivity contribution >= 4 is 0 Å². The highest BCUT2D eigenvalue weighted by Crippen LogP contribution is 2.22. The van der Waals surface area contributed by atoms with E-state index in [0.29, 0.717) is 18.5 Å². The standard InChI is InChI=1S/C16H27NO2/c1-11(2)16(18)10-17-13(4)12(3)14-6-8-15(19-5)9-7-14/h6-9,11-13,16-18H,10H2,1-5H3. The second kappa shape index (κ2) is 7.51. The van der Waals surface area contributed by atoms with Crippen molar-refractivity contribution in [3.8, 4) is 5.75 Å². The zero-order valence-corrected chi connectivity index (χ0v) is 12.7. The Kier molecular flexibility index (Phi) is 6.32. The van der Waals surface area contributed by atoms with Gasteiger partial charge in [0, 0.05) is 12.6 Å². The van der Waals surface area contributed by atoms with Crippen molar-refractivity contribution in [3.05, 3.63) is 29.8 Å². The van der Waals surface area contributed by atoms with Crippen molar-refractivity contribution in [2.75, 3.05) is 13.7 Å². The van der Waals surface area contributed by atoms with Crippen molar-refractivity contribution in [1.29, 1.82) is 0 Å². The third kappa shape index (κ3) is 4.84. The molecule has 0 saturated carbocycles. The van der Waals surface area contributed by atoms with Gasteiger partial charge in [0.1, 0.15) is 5.75 Å². The van der Waals surface area contributed by atoms with Gasteiger partial charge < -0.3 is 15.2 Å². The summed E-state index contributed by atoms with van der Waals surface area (Å²) >= 11 is 0. The number of ether oxygens (including phenoxy) is 1. The third-order valence-corrected chi connectivity index (χ3v) is 3.81. The zero-order chi connectivity index (χ0) is 14.4. The van der Waals surface area contributed by atoms with Crippen LogP contribution in [0.2, 0.25) is 0 Å². The van der Waals surface area contributed by atoms with Gasteiger partial charge in [-0.3, -0.25) is 0 Å². The molecule has 3 nitrogen and oxygen atoms in total. The minimum atomic E-state index is -0.287. The molecule has 0 amide bonds. The highest BCUT2D eigenvalue weighted by atomic mass is 16.5. The van der Waals surface area contributed by atoms with Crippen molar-refractivity contribution in [2.24, 2.45) is 5.92 Å². The van der Waals surface area contributed by atoms with Gasteiger partial charge >= 0.3 is 0 Å². The van der Waals surface area contributed by atoms with Crippen LogP contribution < -0.4 is 10.1 Å². The summed E-state index contributed by atoms with van der Waals surface area (Å²) in [7, 11) is 1.68. The maximum absolute atomic E-state index is 9.82. The van der Waals surface area contributed by atoms with E-state index in [1.54, 1.807) is 7.11 Å². The molecule has 3 unspecified atom stereocenters. The number of methoxy groups -OCH3 is 1. The molecule has 0 radical (unpaired) electrons. The number of hydrogen-bond donors (Lipinski definition) is 2. The molecule has 0 aromatic heterocycles. The van der Waals surface area contributed by atoms with Gasteiger partial charge in [-0.1, -0.05) is 32.9 Å². The molecule has 19 heavy (non-hydrogen) atoms. The number of benzene rings is 1. The second-order valence-electron chi connectivity index (χ2n) is 5.57. The number of rotatable bonds is 7. The minimum absolute atomic E-state index is 0.287. The molecule has 3 heteroatoms. The fourth-order valence-corrected chi connectivity index (χ4v) is 1.92. The number of hydrogen-bond acceptors (Lipinski definition) is 3. The average Bonchev–Trinajstić information content (AvgIpc) is 2.43. The van der Waals surface area contributed by atoms with Crippen molar-refractivity contribution in [3.63, 3.8) is 0 Å². The first kappa shape index (κ1) is 16.0. The molecule has 3 atom stereocenters. The van der Waals surface area contributed by atoms with E-state index in [2.05, 4.69) is 31.3 Å². The maximum atomic E-state index is 9.82. The van der Waals surface area contributed by atoms with Crippen LogP contribution >= 0.6 is 0 Å². The summed E-state index contributed by atoms with van der Waals surface area (Å²) in [5.41, 5.74) is 1.28. The molecule has 1 rings (SSSR count). The fraction of sp³-hybridized carbons (Fsp3) is 0.625. The molecule has 0 fully saturated rings. The highest BCUT2D eigenvalue weighted by molar-refractivity contribution is 5.29. The van der Waals surface area contributed by atoms with E-state index in [1.807, 2.05) is 26.0 Å². The highest BCUT2D eigenvalue weighted by Gasteiger charge is 2.16. The molecule has 0 spiro atoms. The summed E-state index contributed by atoms with van der Waals surface area (Å²) in [6, 6.07) is 8.49. The first-order valence-corrected chi connectivity index (χ1v) is 7.01. The molecule has 0 aliphatic rings. The van der Waals surface area contributed by atoms with Crippen LogP contribution in [-0.2, 0) is 0 Å². The normalized spacial score (nSPS) is 16.2. The lowest BCUT2D eigenvalue weighted by molar-refractivity contribution is 0.119. The van der Waals surface area contributed by atoms with Crippen LogP contribution in [0.5, 0.6) is 5.75 Å². The van der Waals surface area contributed by atoms with Crippen LogP contribution in [-0.4, -0.2) is 30.9 Å². The zero-order valence-electron chi connectivity index (χ0n) is 12.7. The SMILES string of the molecule is COc1ccc(C(C)C(C)NCC(O)C(C)C)cc1. The summed E-state index contributed by atoms with van der Waals surface area (Å²) in [4.78, 5) is 0. The lowest BCUT2D eigenvalue weighted by atomic mass is 9.94. The van der Waals surface area contributed by atoms with Gasteiger partial charge in [-0.15, -0.1) is 0 Å². The van der Waals surface area contributed by atoms with Gasteiger partial charge in [0.2, 0.25) is 0 Å². The predicted molar refractivity (Wildman–Crippen MR) is 79.7 cm³/mol. The molecular formula is C16H27NO2. The number of nitrogens with one attached hydrogen (secondary N) is 1. The molecule has 0 saturated heterocycles. The molecule has 1 aromatic carbocycles. The Morgan fingerprint density at radius 2 is 1.68 bits per heavy atom. The largest absolute Gasteiger partial charge is 0.497 e. The van der Waals surface area contributed by atoms with Gasteiger partial charge in [-0.2, -0.15) is 0 Å².